The van der Waals surface area contributed by atoms with E-state index in [-0.39, 0.29) is 23.8 Å². The van der Waals surface area contributed by atoms with Crippen LogP contribution in [0.25, 0.3) is 11.4 Å². The van der Waals surface area contributed by atoms with E-state index in [1.165, 1.54) is 12.1 Å². The van der Waals surface area contributed by atoms with Gasteiger partial charge in [0.15, 0.2) is 5.15 Å². The van der Waals surface area contributed by atoms with Gasteiger partial charge in [-0.15, -0.1) is 0 Å². The van der Waals surface area contributed by atoms with E-state index < -0.39 is 10.9 Å². The zero-order valence-electron chi connectivity index (χ0n) is 13.8. The molecule has 2 aromatic carbocycles. The van der Waals surface area contributed by atoms with E-state index in [9.17, 15) is 20.0 Å². The molecule has 1 heterocycles. The third-order valence-electron chi connectivity index (χ3n) is 3.96. The van der Waals surface area contributed by atoms with Gasteiger partial charge in [0.2, 0.25) is 0 Å². The van der Waals surface area contributed by atoms with Gasteiger partial charge in [-0.1, -0.05) is 41.4 Å². The maximum Gasteiger partial charge on any atom is 0.309 e. The Bertz CT molecular complexity index is 1020. The van der Waals surface area contributed by atoms with Crippen molar-refractivity contribution in [2.24, 2.45) is 0 Å². The molecule has 0 bridgehead atoms. The molecule has 0 aliphatic heterocycles. The maximum absolute atomic E-state index is 11.3. The second-order valence-electron chi connectivity index (χ2n) is 5.72. The van der Waals surface area contributed by atoms with Gasteiger partial charge in [-0.25, -0.2) is 4.98 Å². The highest BCUT2D eigenvalue weighted by Crippen LogP contribution is 2.29. The molecule has 27 heavy (non-hydrogen) atoms. The summed E-state index contributed by atoms with van der Waals surface area (Å²) in [5, 5.41) is 20.7. The van der Waals surface area contributed by atoms with Crippen molar-refractivity contribution in [2.45, 2.75) is 13.0 Å². The number of nitrogens with zero attached hydrogens (tertiary/aromatic N) is 3. The van der Waals surface area contributed by atoms with Gasteiger partial charge in [-0.2, -0.15) is 0 Å². The van der Waals surface area contributed by atoms with E-state index in [2.05, 4.69) is 4.98 Å². The predicted molar refractivity (Wildman–Crippen MR) is 101 cm³/mol. The zero-order valence-corrected chi connectivity index (χ0v) is 15.3. The number of aromatic nitrogens is 2. The molecular formula is C18H13Cl2N3O4. The van der Waals surface area contributed by atoms with Crippen LogP contribution >= 0.6 is 23.2 Å². The average molecular weight is 406 g/mol. The van der Waals surface area contributed by atoms with E-state index in [4.69, 9.17) is 23.2 Å². The van der Waals surface area contributed by atoms with Gasteiger partial charge in [0.05, 0.1) is 23.6 Å². The first-order valence-electron chi connectivity index (χ1n) is 7.81. The van der Waals surface area contributed by atoms with Crippen molar-refractivity contribution in [3.8, 4) is 11.4 Å². The van der Waals surface area contributed by atoms with Gasteiger partial charge in [0.1, 0.15) is 5.82 Å². The highest BCUT2D eigenvalue weighted by atomic mass is 35.5. The number of nitro benzene ring substituents is 1. The number of non-ortho nitro benzene ring substituents is 1. The Morgan fingerprint density at radius 3 is 2.41 bits per heavy atom. The van der Waals surface area contributed by atoms with Gasteiger partial charge in [-0.3, -0.25) is 14.9 Å². The fourth-order valence-electron chi connectivity index (χ4n) is 2.69. The monoisotopic (exact) mass is 405 g/mol. The summed E-state index contributed by atoms with van der Waals surface area (Å²) in [7, 11) is 0. The fourth-order valence-corrected chi connectivity index (χ4v) is 3.13. The van der Waals surface area contributed by atoms with E-state index in [0.717, 1.165) is 5.56 Å². The molecule has 0 amide bonds. The maximum atomic E-state index is 11.3. The molecule has 1 aromatic heterocycles. The lowest BCUT2D eigenvalue weighted by Gasteiger charge is -2.12. The van der Waals surface area contributed by atoms with Crippen LogP contribution in [0.2, 0.25) is 10.2 Å². The average Bonchev–Trinajstić information content (AvgIpc) is 2.92. The fraction of sp³-hybridized carbons (Fsp3) is 0.111. The molecule has 1 N–H and O–H groups in total. The second-order valence-corrected chi connectivity index (χ2v) is 6.49. The van der Waals surface area contributed by atoms with Crippen molar-refractivity contribution >= 4 is 34.9 Å². The molecule has 9 heteroatoms. The summed E-state index contributed by atoms with van der Waals surface area (Å²) in [6.45, 7) is 0.258. The highest BCUT2D eigenvalue weighted by molar-refractivity contribution is 6.31. The van der Waals surface area contributed by atoms with Crippen molar-refractivity contribution in [2.75, 3.05) is 0 Å². The summed E-state index contributed by atoms with van der Waals surface area (Å²) in [5.41, 5.74) is 1.62. The third-order valence-corrected chi connectivity index (χ3v) is 4.64. The van der Waals surface area contributed by atoms with Crippen molar-refractivity contribution in [3.63, 3.8) is 0 Å². The van der Waals surface area contributed by atoms with Crippen LogP contribution in [0.1, 0.15) is 11.3 Å². The Labute approximate surface area is 163 Å². The van der Waals surface area contributed by atoms with Crippen LogP contribution in [0.5, 0.6) is 0 Å². The normalized spacial score (nSPS) is 10.7. The molecule has 0 aliphatic rings. The molecule has 0 aliphatic carbocycles. The minimum atomic E-state index is -1.05. The number of rotatable bonds is 6. The van der Waals surface area contributed by atoms with E-state index in [0.29, 0.717) is 22.1 Å². The Hall–Kier alpha value is -2.90. The second kappa shape index (κ2) is 7.77. The lowest BCUT2D eigenvalue weighted by atomic mass is 10.1. The molecule has 0 fully saturated rings. The Kier molecular flexibility index (Phi) is 5.43. The van der Waals surface area contributed by atoms with Crippen molar-refractivity contribution in [3.05, 3.63) is 80.1 Å². The molecule has 0 spiro atoms. The van der Waals surface area contributed by atoms with Crippen molar-refractivity contribution in [1.82, 2.24) is 9.55 Å². The SMILES string of the molecule is O=C(O)Cc1c(Cl)nc(-c2ccc([N+](=O)[O-])cc2)n1Cc1ccccc1Cl. The molecule has 138 valence electrons. The van der Waals surface area contributed by atoms with Crippen LogP contribution in [-0.2, 0) is 17.8 Å². The van der Waals surface area contributed by atoms with Gasteiger partial charge in [0.25, 0.3) is 5.69 Å². The molecule has 0 saturated heterocycles. The number of hydrogen-bond acceptors (Lipinski definition) is 4. The molecule has 3 rings (SSSR count). The highest BCUT2D eigenvalue weighted by Gasteiger charge is 2.20. The van der Waals surface area contributed by atoms with Crippen LogP contribution in [-0.4, -0.2) is 25.6 Å². The Morgan fingerprint density at radius 1 is 1.15 bits per heavy atom. The number of carboxylic acids is 1. The molecular weight excluding hydrogens is 393 g/mol. The number of imidazole rings is 1. The first-order valence-corrected chi connectivity index (χ1v) is 8.57. The number of benzene rings is 2. The van der Waals surface area contributed by atoms with Crippen LogP contribution in [0, 0.1) is 10.1 Å². The van der Waals surface area contributed by atoms with Gasteiger partial charge in [-0.05, 0) is 23.8 Å². The summed E-state index contributed by atoms with van der Waals surface area (Å²) in [6.07, 6.45) is -0.316. The van der Waals surface area contributed by atoms with Crippen LogP contribution < -0.4 is 0 Å². The molecule has 0 unspecified atom stereocenters. The summed E-state index contributed by atoms with van der Waals surface area (Å²) in [4.78, 5) is 25.9. The first-order chi connectivity index (χ1) is 12.9. The number of aliphatic carboxylic acids is 1. The largest absolute Gasteiger partial charge is 0.481 e. The minimum absolute atomic E-state index is 0.0557. The quantitative estimate of drug-likeness (QED) is 0.482. The topological polar surface area (TPSA) is 98.3 Å². The molecule has 0 saturated carbocycles. The third kappa shape index (κ3) is 4.10. The number of hydrogen-bond donors (Lipinski definition) is 1. The molecule has 3 aromatic rings. The predicted octanol–water partition coefficient (Wildman–Crippen LogP) is 4.44. The lowest BCUT2D eigenvalue weighted by Crippen LogP contribution is -2.11. The molecule has 0 radical (unpaired) electrons. The van der Waals surface area contributed by atoms with Gasteiger partial charge >= 0.3 is 5.97 Å². The van der Waals surface area contributed by atoms with E-state index in [1.54, 1.807) is 28.8 Å². The number of carbonyl (C=O) groups is 1. The van der Waals surface area contributed by atoms with E-state index in [1.807, 2.05) is 12.1 Å². The Balaban J connectivity index is 2.11. The summed E-state index contributed by atoms with van der Waals surface area (Å²) in [5.74, 6) is -0.640. The summed E-state index contributed by atoms with van der Waals surface area (Å²) >= 11 is 12.4. The summed E-state index contributed by atoms with van der Waals surface area (Å²) in [6, 6.07) is 13.0. The summed E-state index contributed by atoms with van der Waals surface area (Å²) < 4.78 is 1.67. The zero-order chi connectivity index (χ0) is 19.6. The lowest BCUT2D eigenvalue weighted by molar-refractivity contribution is -0.384. The Morgan fingerprint density at radius 2 is 1.81 bits per heavy atom. The smallest absolute Gasteiger partial charge is 0.309 e. The number of carboxylic acid groups (broad SMARTS) is 1. The number of nitro groups is 1. The van der Waals surface area contributed by atoms with Crippen molar-refractivity contribution in [1.29, 1.82) is 0 Å². The standard InChI is InChI=1S/C18H13Cl2N3O4/c19-14-4-2-1-3-12(14)10-22-15(9-16(24)25)17(20)21-18(22)11-5-7-13(8-6-11)23(26)27/h1-8H,9-10H2,(H,24,25). The number of halogens is 2. The minimum Gasteiger partial charge on any atom is -0.481 e. The van der Waals surface area contributed by atoms with Crippen molar-refractivity contribution < 1.29 is 14.8 Å². The molecule has 7 nitrogen and oxygen atoms in total. The van der Waals surface area contributed by atoms with Gasteiger partial charge < -0.3 is 9.67 Å². The van der Waals surface area contributed by atoms with Crippen LogP contribution in [0.15, 0.2) is 48.5 Å². The van der Waals surface area contributed by atoms with Crippen LogP contribution in [0.4, 0.5) is 5.69 Å². The van der Waals surface area contributed by atoms with E-state index >= 15 is 0 Å². The molecule has 0 atom stereocenters. The van der Waals surface area contributed by atoms with Gasteiger partial charge in [0, 0.05) is 22.7 Å². The first kappa shape index (κ1) is 18.9. The van der Waals surface area contributed by atoms with Crippen LogP contribution in [0.3, 0.4) is 0 Å².